The van der Waals surface area contributed by atoms with Crippen LogP contribution >= 0.6 is 15.9 Å². The minimum atomic E-state index is -0.320. The van der Waals surface area contributed by atoms with Crippen molar-refractivity contribution in [3.05, 3.63) is 93.2 Å². The minimum Gasteiger partial charge on any atom is -0.493 e. The van der Waals surface area contributed by atoms with E-state index in [9.17, 15) is 9.65 Å². The van der Waals surface area contributed by atoms with E-state index < -0.39 is 0 Å². The molecule has 0 saturated carbocycles. The average Bonchev–Trinajstić information content (AvgIpc) is 2.72. The molecule has 0 radical (unpaired) electrons. The Hall–Kier alpha value is -3.10. The summed E-state index contributed by atoms with van der Waals surface area (Å²) < 4.78 is 25.8. The lowest BCUT2D eigenvalue weighted by atomic mass is 10.0. The van der Waals surface area contributed by atoms with E-state index in [4.69, 9.17) is 9.47 Å². The van der Waals surface area contributed by atoms with Crippen LogP contribution in [0.2, 0.25) is 0 Å². The molecule has 0 spiro atoms. The molecule has 0 aliphatic heterocycles. The first-order valence-electron chi connectivity index (χ1n) is 8.94. The highest BCUT2D eigenvalue weighted by Gasteiger charge is 2.13. The number of benzene rings is 3. The molecule has 146 valence electrons. The molecule has 3 rings (SSSR count). The Morgan fingerprint density at radius 3 is 2.52 bits per heavy atom. The van der Waals surface area contributed by atoms with Gasteiger partial charge in [0.1, 0.15) is 12.4 Å². The third-order valence-electron chi connectivity index (χ3n) is 4.38. The molecule has 0 aliphatic rings. The highest BCUT2D eigenvalue weighted by atomic mass is 79.9. The number of hydrogen-bond donors (Lipinski definition) is 0. The van der Waals surface area contributed by atoms with E-state index in [2.05, 4.69) is 22.0 Å². The monoisotopic (exact) mass is 451 g/mol. The molecule has 3 aromatic carbocycles. The summed E-state index contributed by atoms with van der Waals surface area (Å²) in [6, 6.07) is 20.1. The third-order valence-corrected chi connectivity index (χ3v) is 4.96. The van der Waals surface area contributed by atoms with Gasteiger partial charge in [-0.1, -0.05) is 48.0 Å². The van der Waals surface area contributed by atoms with E-state index in [0.29, 0.717) is 27.1 Å². The van der Waals surface area contributed by atoms with Crippen LogP contribution in [0.3, 0.4) is 0 Å². The Labute approximate surface area is 178 Å². The molecule has 0 aliphatic carbocycles. The van der Waals surface area contributed by atoms with Crippen molar-refractivity contribution in [2.24, 2.45) is 0 Å². The van der Waals surface area contributed by atoms with Gasteiger partial charge in [-0.05, 0) is 58.3 Å². The van der Waals surface area contributed by atoms with Crippen molar-refractivity contribution >= 4 is 27.6 Å². The van der Waals surface area contributed by atoms with Crippen molar-refractivity contribution in [2.75, 3.05) is 7.11 Å². The van der Waals surface area contributed by atoms with Crippen LogP contribution in [-0.4, -0.2) is 7.11 Å². The average molecular weight is 452 g/mol. The predicted molar refractivity (Wildman–Crippen MR) is 116 cm³/mol. The third kappa shape index (κ3) is 5.04. The Bertz CT molecular complexity index is 1090. The molecule has 0 atom stereocenters. The van der Waals surface area contributed by atoms with Crippen molar-refractivity contribution in [1.29, 1.82) is 5.26 Å². The standard InChI is InChI=1S/C24H19BrFNO2/c1-16-7-9-18(10-8-16)20(14-27)11-17-12-21(25)24(23(13-17)28-2)29-15-19-5-3-4-6-22(19)26/h3-13H,15H2,1-2H3/b20-11-. The largest absolute Gasteiger partial charge is 0.493 e. The summed E-state index contributed by atoms with van der Waals surface area (Å²) >= 11 is 3.50. The van der Waals surface area contributed by atoms with Crippen LogP contribution < -0.4 is 9.47 Å². The normalized spacial score (nSPS) is 11.1. The molecule has 0 amide bonds. The molecule has 5 heteroatoms. The van der Waals surface area contributed by atoms with Crippen LogP contribution in [0.5, 0.6) is 11.5 Å². The molecule has 3 nitrogen and oxygen atoms in total. The molecule has 29 heavy (non-hydrogen) atoms. The van der Waals surface area contributed by atoms with Crippen LogP contribution in [0.15, 0.2) is 65.1 Å². The summed E-state index contributed by atoms with van der Waals surface area (Å²) in [6.45, 7) is 2.07. The molecule has 0 saturated heterocycles. The summed E-state index contributed by atoms with van der Waals surface area (Å²) in [5, 5.41) is 9.58. The lowest BCUT2D eigenvalue weighted by Crippen LogP contribution is -2.01. The maximum absolute atomic E-state index is 13.8. The Balaban J connectivity index is 1.90. The molecule has 0 unspecified atom stereocenters. The van der Waals surface area contributed by atoms with Gasteiger partial charge in [0.25, 0.3) is 0 Å². The van der Waals surface area contributed by atoms with Crippen LogP contribution in [0.1, 0.15) is 22.3 Å². The fourth-order valence-electron chi connectivity index (χ4n) is 2.81. The second kappa shape index (κ2) is 9.40. The van der Waals surface area contributed by atoms with Gasteiger partial charge in [0, 0.05) is 5.56 Å². The summed E-state index contributed by atoms with van der Waals surface area (Å²) in [4.78, 5) is 0. The Morgan fingerprint density at radius 1 is 1.14 bits per heavy atom. The van der Waals surface area contributed by atoms with Gasteiger partial charge in [0.15, 0.2) is 11.5 Å². The molecule has 0 heterocycles. The first-order chi connectivity index (χ1) is 14.0. The van der Waals surface area contributed by atoms with Gasteiger partial charge in [-0.2, -0.15) is 5.26 Å². The van der Waals surface area contributed by atoms with Gasteiger partial charge in [-0.15, -0.1) is 0 Å². The summed E-state index contributed by atoms with van der Waals surface area (Å²) in [5.74, 6) is 0.642. The lowest BCUT2D eigenvalue weighted by molar-refractivity contribution is 0.278. The maximum Gasteiger partial charge on any atom is 0.175 e. The summed E-state index contributed by atoms with van der Waals surface area (Å²) in [6.07, 6.45) is 1.79. The number of methoxy groups -OCH3 is 1. The van der Waals surface area contributed by atoms with Gasteiger partial charge in [0.05, 0.1) is 23.2 Å². The highest BCUT2D eigenvalue weighted by Crippen LogP contribution is 2.38. The number of nitriles is 1. The minimum absolute atomic E-state index is 0.0730. The number of halogens is 2. The van der Waals surface area contributed by atoms with E-state index in [-0.39, 0.29) is 12.4 Å². The molecule has 0 bridgehead atoms. The molecule has 0 N–H and O–H groups in total. The molecule has 0 aromatic heterocycles. The number of allylic oxidation sites excluding steroid dienone is 1. The number of rotatable bonds is 6. The Morgan fingerprint density at radius 2 is 1.86 bits per heavy atom. The fraction of sp³-hybridized carbons (Fsp3) is 0.125. The van der Waals surface area contributed by atoms with E-state index in [0.717, 1.165) is 16.7 Å². The quantitative estimate of drug-likeness (QED) is 0.315. The topological polar surface area (TPSA) is 42.2 Å². The second-order valence-electron chi connectivity index (χ2n) is 6.45. The van der Waals surface area contributed by atoms with Crippen LogP contribution in [0.4, 0.5) is 4.39 Å². The van der Waals surface area contributed by atoms with Crippen molar-refractivity contribution in [2.45, 2.75) is 13.5 Å². The second-order valence-corrected chi connectivity index (χ2v) is 7.30. The number of nitrogens with zero attached hydrogens (tertiary/aromatic N) is 1. The first-order valence-corrected chi connectivity index (χ1v) is 9.73. The number of ether oxygens (including phenoxy) is 2. The van der Waals surface area contributed by atoms with E-state index >= 15 is 0 Å². The lowest BCUT2D eigenvalue weighted by Gasteiger charge is -2.14. The van der Waals surface area contributed by atoms with Gasteiger partial charge in [-0.3, -0.25) is 0 Å². The van der Waals surface area contributed by atoms with E-state index in [1.54, 1.807) is 30.3 Å². The van der Waals surface area contributed by atoms with Crippen molar-refractivity contribution in [3.63, 3.8) is 0 Å². The molecular formula is C24H19BrFNO2. The molecular weight excluding hydrogens is 433 g/mol. The highest BCUT2D eigenvalue weighted by molar-refractivity contribution is 9.10. The zero-order valence-corrected chi connectivity index (χ0v) is 17.7. The SMILES string of the molecule is COc1cc(/C=C(/C#N)c2ccc(C)cc2)cc(Br)c1OCc1ccccc1F. The van der Waals surface area contributed by atoms with Crippen LogP contribution in [0, 0.1) is 24.1 Å². The summed E-state index contributed by atoms with van der Waals surface area (Å²) in [5.41, 5.74) is 3.75. The van der Waals surface area contributed by atoms with Gasteiger partial charge >= 0.3 is 0 Å². The smallest absolute Gasteiger partial charge is 0.175 e. The maximum atomic E-state index is 13.8. The molecule has 0 fully saturated rings. The molecule has 3 aromatic rings. The van der Waals surface area contributed by atoms with Crippen LogP contribution in [0.25, 0.3) is 11.6 Å². The van der Waals surface area contributed by atoms with Gasteiger partial charge in [-0.25, -0.2) is 4.39 Å². The Kier molecular flexibility index (Phi) is 6.69. The zero-order valence-electron chi connectivity index (χ0n) is 16.1. The van der Waals surface area contributed by atoms with Crippen molar-refractivity contribution in [1.82, 2.24) is 0 Å². The van der Waals surface area contributed by atoms with E-state index in [1.165, 1.54) is 13.2 Å². The van der Waals surface area contributed by atoms with Crippen molar-refractivity contribution in [3.8, 4) is 17.6 Å². The van der Waals surface area contributed by atoms with E-state index in [1.807, 2.05) is 37.3 Å². The van der Waals surface area contributed by atoms with Gasteiger partial charge < -0.3 is 9.47 Å². The first kappa shape index (κ1) is 20.6. The number of aryl methyl sites for hydroxylation is 1. The number of hydrogen-bond acceptors (Lipinski definition) is 3. The fourth-order valence-corrected chi connectivity index (χ4v) is 3.38. The zero-order chi connectivity index (χ0) is 20.8. The predicted octanol–water partition coefficient (Wildman–Crippen LogP) is 6.55. The summed E-state index contributed by atoms with van der Waals surface area (Å²) in [7, 11) is 1.54. The van der Waals surface area contributed by atoms with Crippen molar-refractivity contribution < 1.29 is 13.9 Å². The van der Waals surface area contributed by atoms with Gasteiger partial charge in [0.2, 0.25) is 0 Å². The van der Waals surface area contributed by atoms with Crippen LogP contribution in [-0.2, 0) is 6.61 Å².